The third kappa shape index (κ3) is 2.98. The summed E-state index contributed by atoms with van der Waals surface area (Å²) in [5.74, 6) is 1.22. The molecule has 0 radical (unpaired) electrons. The van der Waals surface area contributed by atoms with E-state index in [0.29, 0.717) is 11.4 Å². The normalized spacial score (nSPS) is 18.7. The third-order valence-corrected chi connectivity index (χ3v) is 4.56. The van der Waals surface area contributed by atoms with E-state index in [9.17, 15) is 4.79 Å². The Kier molecular flexibility index (Phi) is 3.87. The van der Waals surface area contributed by atoms with Gasteiger partial charge in [-0.25, -0.2) is 4.98 Å². The van der Waals surface area contributed by atoms with Crippen molar-refractivity contribution in [1.82, 2.24) is 9.88 Å². The average Bonchev–Trinajstić information content (AvgIpc) is 2.30. The molecule has 0 saturated carbocycles. The Morgan fingerprint density at radius 3 is 3.00 bits per heavy atom. The van der Waals surface area contributed by atoms with Gasteiger partial charge in [-0.05, 0) is 35.8 Å². The second-order valence-corrected chi connectivity index (χ2v) is 7.64. The van der Waals surface area contributed by atoms with Crippen molar-refractivity contribution in [1.29, 1.82) is 0 Å². The molecule has 0 bridgehead atoms. The molecule has 98 valence electrons. The maximum absolute atomic E-state index is 12.4. The number of amides is 1. The molecule has 2 N–H and O–H groups in total. The van der Waals surface area contributed by atoms with Gasteiger partial charge in [-0.1, -0.05) is 0 Å². The van der Waals surface area contributed by atoms with E-state index in [1.807, 2.05) is 16.7 Å². The lowest BCUT2D eigenvalue weighted by Gasteiger charge is -2.37. The molecule has 1 aromatic rings. The maximum Gasteiger partial charge on any atom is 0.257 e. The number of nitrogen functional groups attached to an aromatic ring is 1. The van der Waals surface area contributed by atoms with E-state index in [1.165, 1.54) is 0 Å². The maximum atomic E-state index is 12.4. The van der Waals surface area contributed by atoms with Gasteiger partial charge in [0, 0.05) is 34.3 Å². The summed E-state index contributed by atoms with van der Waals surface area (Å²) in [4.78, 5) is 18.3. The highest BCUT2D eigenvalue weighted by Crippen LogP contribution is 2.30. The van der Waals surface area contributed by atoms with Crippen molar-refractivity contribution in [3.8, 4) is 0 Å². The van der Waals surface area contributed by atoms with E-state index in [-0.39, 0.29) is 10.7 Å². The van der Waals surface area contributed by atoms with Crippen molar-refractivity contribution >= 4 is 39.4 Å². The van der Waals surface area contributed by atoms with Crippen LogP contribution in [-0.2, 0) is 0 Å². The molecule has 0 unspecified atom stereocenters. The predicted octanol–water partition coefficient (Wildman–Crippen LogP) is 2.39. The quantitative estimate of drug-likeness (QED) is 0.859. The number of rotatable bonds is 1. The standard InChI is InChI=1S/C12H16BrN3OS/c1-12(2)7-16(3-4-18-12)11(17)9-5-8(13)6-15-10(9)14/h5-6H,3-4,7H2,1-2H3,(H2,14,15). The minimum atomic E-state index is -0.0327. The Bertz CT molecular complexity index is 478. The van der Waals surface area contributed by atoms with Crippen LogP contribution in [0.5, 0.6) is 0 Å². The van der Waals surface area contributed by atoms with E-state index >= 15 is 0 Å². The first-order valence-corrected chi connectivity index (χ1v) is 7.51. The summed E-state index contributed by atoms with van der Waals surface area (Å²) >= 11 is 5.21. The summed E-state index contributed by atoms with van der Waals surface area (Å²) in [6.45, 7) is 5.81. The number of halogens is 1. The number of nitrogens with zero attached hydrogens (tertiary/aromatic N) is 2. The molecular formula is C12H16BrN3OS. The number of carbonyl (C=O) groups excluding carboxylic acids is 1. The van der Waals surface area contributed by atoms with Crippen LogP contribution in [0.4, 0.5) is 5.82 Å². The van der Waals surface area contributed by atoms with Crippen LogP contribution in [0, 0.1) is 0 Å². The first kappa shape index (κ1) is 13.7. The van der Waals surface area contributed by atoms with E-state index in [2.05, 4.69) is 34.8 Å². The lowest BCUT2D eigenvalue weighted by atomic mass is 10.1. The second-order valence-electron chi connectivity index (χ2n) is 4.92. The van der Waals surface area contributed by atoms with Crippen LogP contribution in [-0.4, -0.2) is 39.4 Å². The van der Waals surface area contributed by atoms with E-state index in [4.69, 9.17) is 5.73 Å². The molecule has 4 nitrogen and oxygen atoms in total. The van der Waals surface area contributed by atoms with Crippen LogP contribution in [0.3, 0.4) is 0 Å². The van der Waals surface area contributed by atoms with Gasteiger partial charge in [0.05, 0.1) is 5.56 Å². The smallest absolute Gasteiger partial charge is 0.257 e. The van der Waals surface area contributed by atoms with Gasteiger partial charge in [0.25, 0.3) is 5.91 Å². The Balaban J connectivity index is 2.23. The largest absolute Gasteiger partial charge is 0.383 e. The van der Waals surface area contributed by atoms with Crippen molar-refractivity contribution in [3.63, 3.8) is 0 Å². The summed E-state index contributed by atoms with van der Waals surface area (Å²) < 4.78 is 0.868. The fraction of sp³-hybridized carbons (Fsp3) is 0.500. The van der Waals surface area contributed by atoms with Crippen LogP contribution in [0.1, 0.15) is 24.2 Å². The summed E-state index contributed by atoms with van der Waals surface area (Å²) in [6.07, 6.45) is 1.60. The molecule has 2 rings (SSSR count). The zero-order valence-corrected chi connectivity index (χ0v) is 12.8. The van der Waals surface area contributed by atoms with E-state index in [1.54, 1.807) is 12.3 Å². The van der Waals surface area contributed by atoms with Crippen molar-refractivity contribution in [2.24, 2.45) is 0 Å². The fourth-order valence-electron chi connectivity index (χ4n) is 1.98. The highest BCUT2D eigenvalue weighted by molar-refractivity contribution is 9.10. The van der Waals surface area contributed by atoms with Crippen molar-refractivity contribution < 1.29 is 4.79 Å². The van der Waals surface area contributed by atoms with Gasteiger partial charge in [0.2, 0.25) is 0 Å². The number of nitrogens with two attached hydrogens (primary N) is 1. The molecule has 0 aliphatic carbocycles. The van der Waals surface area contributed by atoms with Gasteiger partial charge in [-0.15, -0.1) is 0 Å². The molecule has 1 fully saturated rings. The molecule has 1 aliphatic heterocycles. The molecule has 1 saturated heterocycles. The molecule has 2 heterocycles. The van der Waals surface area contributed by atoms with Gasteiger partial charge in [-0.3, -0.25) is 4.79 Å². The van der Waals surface area contributed by atoms with Crippen LogP contribution in [0.15, 0.2) is 16.7 Å². The monoisotopic (exact) mass is 329 g/mol. The van der Waals surface area contributed by atoms with E-state index in [0.717, 1.165) is 23.3 Å². The molecule has 0 atom stereocenters. The molecule has 6 heteroatoms. The summed E-state index contributed by atoms with van der Waals surface area (Å²) in [5.41, 5.74) is 6.26. The molecule has 1 aromatic heterocycles. The predicted molar refractivity (Wildman–Crippen MR) is 78.8 cm³/mol. The Morgan fingerprint density at radius 1 is 1.61 bits per heavy atom. The van der Waals surface area contributed by atoms with Crippen molar-refractivity contribution in [3.05, 3.63) is 22.3 Å². The second kappa shape index (κ2) is 5.09. The van der Waals surface area contributed by atoms with Gasteiger partial charge >= 0.3 is 0 Å². The van der Waals surface area contributed by atoms with Gasteiger partial charge in [0.1, 0.15) is 5.82 Å². The number of hydrogen-bond donors (Lipinski definition) is 1. The number of hydrogen-bond acceptors (Lipinski definition) is 4. The highest BCUT2D eigenvalue weighted by Gasteiger charge is 2.31. The number of pyridine rings is 1. The summed E-state index contributed by atoms with van der Waals surface area (Å²) in [6, 6.07) is 1.74. The third-order valence-electron chi connectivity index (χ3n) is 2.83. The zero-order chi connectivity index (χ0) is 13.3. The van der Waals surface area contributed by atoms with Crippen LogP contribution in [0.25, 0.3) is 0 Å². The topological polar surface area (TPSA) is 59.2 Å². The van der Waals surface area contributed by atoms with Crippen molar-refractivity contribution in [2.75, 3.05) is 24.6 Å². The number of thioether (sulfide) groups is 1. The Labute approximate surface area is 119 Å². The van der Waals surface area contributed by atoms with Gasteiger partial charge < -0.3 is 10.6 Å². The number of anilines is 1. The molecule has 1 aliphatic rings. The van der Waals surface area contributed by atoms with Gasteiger partial charge in [0.15, 0.2) is 0 Å². The molecule has 18 heavy (non-hydrogen) atoms. The number of aromatic nitrogens is 1. The minimum absolute atomic E-state index is 0.0327. The molecule has 0 aromatic carbocycles. The fourth-order valence-corrected chi connectivity index (χ4v) is 3.42. The molecule has 0 spiro atoms. The van der Waals surface area contributed by atoms with Crippen LogP contribution >= 0.6 is 27.7 Å². The molecule has 1 amide bonds. The Hall–Kier alpha value is -0.750. The van der Waals surface area contributed by atoms with Crippen LogP contribution in [0.2, 0.25) is 0 Å². The SMILES string of the molecule is CC1(C)CN(C(=O)c2cc(Br)cnc2N)CCS1. The lowest BCUT2D eigenvalue weighted by molar-refractivity contribution is 0.0748. The molecular weight excluding hydrogens is 314 g/mol. The minimum Gasteiger partial charge on any atom is -0.383 e. The lowest BCUT2D eigenvalue weighted by Crippen LogP contribution is -2.46. The van der Waals surface area contributed by atoms with Gasteiger partial charge in [-0.2, -0.15) is 11.8 Å². The first-order chi connectivity index (χ1) is 8.39. The average molecular weight is 330 g/mol. The Morgan fingerprint density at radius 2 is 2.33 bits per heavy atom. The summed E-state index contributed by atoms with van der Waals surface area (Å²) in [5, 5.41) is 0. The highest BCUT2D eigenvalue weighted by atomic mass is 79.9. The first-order valence-electron chi connectivity index (χ1n) is 5.73. The van der Waals surface area contributed by atoms with Crippen molar-refractivity contribution in [2.45, 2.75) is 18.6 Å². The zero-order valence-electron chi connectivity index (χ0n) is 10.4. The van der Waals surface area contributed by atoms with E-state index < -0.39 is 0 Å². The van der Waals surface area contributed by atoms with Crippen LogP contribution < -0.4 is 5.73 Å². The number of carbonyl (C=O) groups is 1. The summed E-state index contributed by atoms with van der Waals surface area (Å²) in [7, 11) is 0.